The van der Waals surface area contributed by atoms with Crippen LogP contribution in [0, 0.1) is 0 Å². The van der Waals surface area contributed by atoms with Gasteiger partial charge in [-0.25, -0.2) is 9.36 Å². The molecule has 1 aliphatic rings. The number of hydrogen-bond acceptors (Lipinski definition) is 2. The molecule has 4 heteroatoms. The molecule has 2 heterocycles. The van der Waals surface area contributed by atoms with Crippen LogP contribution in [-0.4, -0.2) is 17.6 Å². The van der Waals surface area contributed by atoms with E-state index < -0.39 is 0 Å². The van der Waals surface area contributed by atoms with Crippen LogP contribution in [0.5, 0.6) is 0 Å². The van der Waals surface area contributed by atoms with Gasteiger partial charge in [0.05, 0.1) is 6.61 Å². The van der Waals surface area contributed by atoms with Gasteiger partial charge in [-0.05, 0) is 33.3 Å². The van der Waals surface area contributed by atoms with Crippen molar-refractivity contribution in [3.63, 3.8) is 0 Å². The van der Waals surface area contributed by atoms with Crippen LogP contribution in [0.1, 0.15) is 129 Å². The monoisotopic (exact) mass is 483 g/mol. The normalized spacial score (nSPS) is 14.1. The SMILES string of the molecule is CCCCCCCCCCCCCCCC[n+]1cccc(C2C=C(C)N(C(=O)OCC)C(C)=C2)c1. The first-order valence-electron chi connectivity index (χ1n) is 14.4. The van der Waals surface area contributed by atoms with E-state index in [1.807, 2.05) is 20.8 Å². The Bertz CT molecular complexity index is 779. The molecule has 4 nitrogen and oxygen atoms in total. The van der Waals surface area contributed by atoms with Gasteiger partial charge < -0.3 is 4.74 Å². The molecule has 0 bridgehead atoms. The van der Waals surface area contributed by atoms with Crippen LogP contribution in [-0.2, 0) is 11.3 Å². The summed E-state index contributed by atoms with van der Waals surface area (Å²) in [6.07, 6.45) is 27.9. The Balaban J connectivity index is 1.63. The van der Waals surface area contributed by atoms with Gasteiger partial charge in [-0.1, -0.05) is 96.1 Å². The second-order valence-corrected chi connectivity index (χ2v) is 10.1. The van der Waals surface area contributed by atoms with Crippen LogP contribution in [0.15, 0.2) is 48.1 Å². The van der Waals surface area contributed by atoms with Gasteiger partial charge in [-0.3, -0.25) is 4.90 Å². The molecule has 1 aliphatic heterocycles. The highest BCUT2D eigenvalue weighted by Crippen LogP contribution is 2.30. The van der Waals surface area contributed by atoms with Crippen LogP contribution >= 0.6 is 0 Å². The van der Waals surface area contributed by atoms with E-state index in [-0.39, 0.29) is 12.0 Å². The summed E-state index contributed by atoms with van der Waals surface area (Å²) in [5.41, 5.74) is 3.12. The Morgan fingerprint density at radius 2 is 1.34 bits per heavy atom. The molecule has 1 amide bonds. The molecule has 1 aromatic rings. The molecule has 0 unspecified atom stereocenters. The van der Waals surface area contributed by atoms with E-state index in [2.05, 4.69) is 48.2 Å². The minimum absolute atomic E-state index is 0.185. The molecule has 0 aliphatic carbocycles. The number of unbranched alkanes of at least 4 members (excludes halogenated alkanes) is 13. The van der Waals surface area contributed by atoms with Crippen LogP contribution in [0.25, 0.3) is 0 Å². The topological polar surface area (TPSA) is 33.4 Å². The highest BCUT2D eigenvalue weighted by molar-refractivity contribution is 5.73. The molecule has 0 saturated heterocycles. The number of nitrogens with zero attached hydrogens (tertiary/aromatic N) is 2. The minimum Gasteiger partial charge on any atom is -0.449 e. The predicted octanol–water partition coefficient (Wildman–Crippen LogP) is 8.82. The van der Waals surface area contributed by atoms with Crippen LogP contribution < -0.4 is 4.57 Å². The van der Waals surface area contributed by atoms with Gasteiger partial charge in [0, 0.05) is 35.4 Å². The molecular formula is C31H51N2O2+. The number of carbonyl (C=O) groups is 1. The average Bonchev–Trinajstić information content (AvgIpc) is 2.84. The number of ether oxygens (including phenoxy) is 1. The van der Waals surface area contributed by atoms with Crippen LogP contribution in [0.3, 0.4) is 0 Å². The lowest BCUT2D eigenvalue weighted by Crippen LogP contribution is -2.34. The summed E-state index contributed by atoms with van der Waals surface area (Å²) in [5.74, 6) is 0.185. The molecule has 1 aromatic heterocycles. The average molecular weight is 484 g/mol. The summed E-state index contributed by atoms with van der Waals surface area (Å²) in [6.45, 7) is 9.53. The van der Waals surface area contributed by atoms with Crippen molar-refractivity contribution < 1.29 is 14.1 Å². The largest absolute Gasteiger partial charge is 0.449 e. The molecule has 0 aromatic carbocycles. The van der Waals surface area contributed by atoms with Crippen LogP contribution in [0.2, 0.25) is 0 Å². The van der Waals surface area contributed by atoms with E-state index in [0.717, 1.165) is 17.9 Å². The van der Waals surface area contributed by atoms with E-state index >= 15 is 0 Å². The first-order valence-corrected chi connectivity index (χ1v) is 14.4. The maximum Gasteiger partial charge on any atom is 0.418 e. The van der Waals surface area contributed by atoms with Gasteiger partial charge in [0.2, 0.25) is 0 Å². The third kappa shape index (κ3) is 11.0. The number of aromatic nitrogens is 1. The standard InChI is InChI=1S/C31H51N2O2/c1-5-7-8-9-10-11-12-13-14-15-16-17-18-19-22-32-23-20-21-29(26-32)30-24-27(3)33(28(4)25-30)31(34)35-6-2/h20-21,23-26,30H,5-19,22H2,1-4H3/q+1. The summed E-state index contributed by atoms with van der Waals surface area (Å²) in [5, 5.41) is 0. The van der Waals surface area contributed by atoms with Crippen molar-refractivity contribution in [3.8, 4) is 0 Å². The Kier molecular flexibility index (Phi) is 14.4. The maximum absolute atomic E-state index is 12.2. The Hall–Kier alpha value is -2.10. The van der Waals surface area contributed by atoms with E-state index in [1.54, 1.807) is 4.90 Å². The molecule has 0 spiro atoms. The summed E-state index contributed by atoms with van der Waals surface area (Å²) >= 11 is 0. The number of allylic oxidation sites excluding steroid dienone is 4. The molecule has 196 valence electrons. The van der Waals surface area contributed by atoms with Gasteiger partial charge in [0.1, 0.15) is 6.54 Å². The van der Waals surface area contributed by atoms with Crippen LogP contribution in [0.4, 0.5) is 4.79 Å². The van der Waals surface area contributed by atoms with Gasteiger partial charge in [0.25, 0.3) is 0 Å². The number of hydrogen-bond donors (Lipinski definition) is 0. The van der Waals surface area contributed by atoms with Gasteiger partial charge in [0.15, 0.2) is 12.4 Å². The van der Waals surface area contributed by atoms with Crippen molar-refractivity contribution in [2.75, 3.05) is 6.61 Å². The third-order valence-corrected chi connectivity index (χ3v) is 7.03. The zero-order valence-electron chi connectivity index (χ0n) is 23.1. The fraction of sp³-hybridized carbons (Fsp3) is 0.677. The van der Waals surface area contributed by atoms with Crippen molar-refractivity contribution in [3.05, 3.63) is 53.6 Å². The molecule has 0 radical (unpaired) electrons. The quantitative estimate of drug-likeness (QED) is 0.164. The lowest BCUT2D eigenvalue weighted by molar-refractivity contribution is -0.697. The van der Waals surface area contributed by atoms with E-state index in [4.69, 9.17) is 4.74 Å². The zero-order chi connectivity index (χ0) is 25.3. The van der Waals surface area contributed by atoms with Crippen molar-refractivity contribution in [2.24, 2.45) is 0 Å². The Morgan fingerprint density at radius 3 is 1.86 bits per heavy atom. The number of rotatable bonds is 17. The summed E-state index contributed by atoms with van der Waals surface area (Å²) in [6, 6.07) is 4.32. The second-order valence-electron chi connectivity index (χ2n) is 10.1. The lowest BCUT2D eigenvalue weighted by Gasteiger charge is -2.28. The van der Waals surface area contributed by atoms with Crippen molar-refractivity contribution >= 4 is 6.09 Å². The Labute approximate surface area is 215 Å². The second kappa shape index (κ2) is 17.3. The van der Waals surface area contributed by atoms with E-state index in [9.17, 15) is 4.79 Å². The maximum atomic E-state index is 12.2. The smallest absolute Gasteiger partial charge is 0.418 e. The molecule has 2 rings (SSSR count). The summed E-state index contributed by atoms with van der Waals surface area (Å²) in [7, 11) is 0. The summed E-state index contributed by atoms with van der Waals surface area (Å²) in [4.78, 5) is 13.9. The molecule has 0 N–H and O–H groups in total. The minimum atomic E-state index is -0.297. The number of aryl methyl sites for hydroxylation is 1. The van der Waals surface area contributed by atoms with Crippen molar-refractivity contribution in [1.29, 1.82) is 0 Å². The predicted molar refractivity (Wildman–Crippen MR) is 146 cm³/mol. The molecule has 0 saturated carbocycles. The zero-order valence-corrected chi connectivity index (χ0v) is 23.1. The molecule has 0 atom stereocenters. The fourth-order valence-electron chi connectivity index (χ4n) is 5.03. The van der Waals surface area contributed by atoms with E-state index in [0.29, 0.717) is 6.61 Å². The van der Waals surface area contributed by atoms with E-state index in [1.165, 1.54) is 95.5 Å². The van der Waals surface area contributed by atoms with Crippen molar-refractivity contribution in [2.45, 2.75) is 130 Å². The number of carbonyl (C=O) groups excluding carboxylic acids is 1. The van der Waals surface area contributed by atoms with Crippen molar-refractivity contribution in [1.82, 2.24) is 4.90 Å². The number of amides is 1. The summed E-state index contributed by atoms with van der Waals surface area (Å²) < 4.78 is 7.52. The third-order valence-electron chi connectivity index (χ3n) is 7.03. The van der Waals surface area contributed by atoms with Gasteiger partial charge in [-0.2, -0.15) is 0 Å². The van der Waals surface area contributed by atoms with Gasteiger partial charge in [-0.15, -0.1) is 0 Å². The first kappa shape index (κ1) is 29.1. The highest BCUT2D eigenvalue weighted by Gasteiger charge is 2.25. The Morgan fingerprint density at radius 1 is 0.829 bits per heavy atom. The molecule has 35 heavy (non-hydrogen) atoms. The first-order chi connectivity index (χ1) is 17.1. The lowest BCUT2D eigenvalue weighted by atomic mass is 9.95. The number of pyridine rings is 1. The molecular weight excluding hydrogens is 432 g/mol. The fourth-order valence-corrected chi connectivity index (χ4v) is 5.03. The van der Waals surface area contributed by atoms with Gasteiger partial charge >= 0.3 is 6.09 Å². The molecule has 0 fully saturated rings. The highest BCUT2D eigenvalue weighted by atomic mass is 16.6.